The van der Waals surface area contributed by atoms with Crippen molar-refractivity contribution in [2.24, 2.45) is 0 Å². The first-order valence-electron chi connectivity index (χ1n) is 5.21. The van der Waals surface area contributed by atoms with Crippen LogP contribution in [0.1, 0.15) is 5.56 Å². The fourth-order valence-electron chi connectivity index (χ4n) is 1.38. The second kappa shape index (κ2) is 5.55. The molecule has 1 aromatic heterocycles. The van der Waals surface area contributed by atoms with Gasteiger partial charge < -0.3 is 4.74 Å². The van der Waals surface area contributed by atoms with Gasteiger partial charge in [0.15, 0.2) is 0 Å². The van der Waals surface area contributed by atoms with Crippen molar-refractivity contribution < 1.29 is 4.74 Å². The fourth-order valence-corrected chi connectivity index (χ4v) is 2.18. The molecular weight excluding hydrogens is 230 g/mol. The first-order chi connectivity index (χ1) is 8.29. The monoisotopic (exact) mass is 243 g/mol. The Bertz CT molecular complexity index is 493. The molecule has 17 heavy (non-hydrogen) atoms. The highest BCUT2D eigenvalue weighted by molar-refractivity contribution is 8.08. The molecule has 1 heterocycles. The average molecular weight is 243 g/mol. The zero-order valence-electron chi connectivity index (χ0n) is 9.59. The van der Waals surface area contributed by atoms with Crippen LogP contribution in [0.3, 0.4) is 0 Å². The number of hydrogen-bond acceptors (Lipinski definition) is 3. The summed E-state index contributed by atoms with van der Waals surface area (Å²) in [7, 11) is 1.66. The zero-order valence-corrected chi connectivity index (χ0v) is 10.4. The van der Waals surface area contributed by atoms with Crippen molar-refractivity contribution in [3.8, 4) is 5.75 Å². The van der Waals surface area contributed by atoms with Crippen molar-refractivity contribution in [2.75, 3.05) is 7.11 Å². The van der Waals surface area contributed by atoms with Gasteiger partial charge in [0.1, 0.15) is 5.75 Å². The molecule has 0 amide bonds. The third kappa shape index (κ3) is 3.11. The Balaban J connectivity index is 2.09. The number of rotatable bonds is 4. The first-order valence-corrected chi connectivity index (χ1v) is 6.02. The molecule has 0 spiro atoms. The van der Waals surface area contributed by atoms with Crippen LogP contribution in [0, 0.1) is 0 Å². The summed E-state index contributed by atoms with van der Waals surface area (Å²) in [6, 6.07) is 11.8. The minimum atomic E-state index is 0.857. The Morgan fingerprint density at radius 1 is 1.12 bits per heavy atom. The van der Waals surface area contributed by atoms with Crippen molar-refractivity contribution in [1.82, 2.24) is 4.98 Å². The number of pyridine rings is 1. The van der Waals surface area contributed by atoms with Gasteiger partial charge in [-0.3, -0.25) is 4.98 Å². The first kappa shape index (κ1) is 11.7. The molecular formula is C14H13NOS. The molecule has 2 rings (SSSR count). The second-order valence-corrected chi connectivity index (χ2v) is 4.60. The van der Waals surface area contributed by atoms with Crippen molar-refractivity contribution in [1.29, 1.82) is 0 Å². The largest absolute Gasteiger partial charge is 0.497 e. The standard InChI is InChI=1S/C14H13NOS/c1-11(17-14-7-9-15-10-8-14)12-3-5-13(16-2)6-4-12/h3-10H,1H2,2H3. The Morgan fingerprint density at radius 2 is 1.76 bits per heavy atom. The lowest BCUT2D eigenvalue weighted by Gasteiger charge is -2.06. The molecule has 0 aliphatic heterocycles. The van der Waals surface area contributed by atoms with Crippen LogP contribution < -0.4 is 4.74 Å². The van der Waals surface area contributed by atoms with Crippen LogP contribution in [-0.2, 0) is 0 Å². The maximum Gasteiger partial charge on any atom is 0.118 e. The lowest BCUT2D eigenvalue weighted by molar-refractivity contribution is 0.415. The molecule has 1 aromatic carbocycles. The summed E-state index contributed by atoms with van der Waals surface area (Å²) in [6.45, 7) is 4.08. The van der Waals surface area contributed by atoms with Crippen LogP contribution >= 0.6 is 11.8 Å². The van der Waals surface area contributed by atoms with Crippen molar-refractivity contribution >= 4 is 16.7 Å². The van der Waals surface area contributed by atoms with Crippen molar-refractivity contribution in [3.05, 3.63) is 60.9 Å². The third-order valence-corrected chi connectivity index (χ3v) is 3.29. The van der Waals surface area contributed by atoms with E-state index in [0.717, 1.165) is 21.1 Å². The van der Waals surface area contributed by atoms with E-state index in [1.165, 1.54) is 0 Å². The summed E-state index contributed by atoms with van der Waals surface area (Å²) >= 11 is 1.63. The van der Waals surface area contributed by atoms with E-state index in [9.17, 15) is 0 Å². The van der Waals surface area contributed by atoms with Gasteiger partial charge in [-0.15, -0.1) is 0 Å². The van der Waals surface area contributed by atoms with Crippen LogP contribution in [0.5, 0.6) is 5.75 Å². The average Bonchev–Trinajstić information content (AvgIpc) is 2.40. The molecule has 0 unspecified atom stereocenters. The minimum Gasteiger partial charge on any atom is -0.497 e. The molecule has 86 valence electrons. The van der Waals surface area contributed by atoms with Crippen LogP contribution in [0.4, 0.5) is 0 Å². The lowest BCUT2D eigenvalue weighted by atomic mass is 10.2. The molecule has 0 aliphatic carbocycles. The van der Waals surface area contributed by atoms with Gasteiger partial charge in [0.05, 0.1) is 7.11 Å². The predicted molar refractivity (Wildman–Crippen MR) is 72.1 cm³/mol. The zero-order chi connectivity index (χ0) is 12.1. The summed E-state index contributed by atoms with van der Waals surface area (Å²) in [4.78, 5) is 6.14. The van der Waals surface area contributed by atoms with E-state index in [-0.39, 0.29) is 0 Å². The molecule has 2 nitrogen and oxygen atoms in total. The molecule has 0 saturated carbocycles. The molecule has 0 bridgehead atoms. The highest BCUT2D eigenvalue weighted by Gasteiger charge is 2.01. The van der Waals surface area contributed by atoms with E-state index in [4.69, 9.17) is 4.74 Å². The number of hydrogen-bond donors (Lipinski definition) is 0. The predicted octanol–water partition coefficient (Wildman–Crippen LogP) is 3.85. The molecule has 0 fully saturated rings. The van der Waals surface area contributed by atoms with Crippen LogP contribution in [0.15, 0.2) is 60.3 Å². The SMILES string of the molecule is C=C(Sc1ccncc1)c1ccc(OC)cc1. The highest BCUT2D eigenvalue weighted by Crippen LogP contribution is 2.32. The van der Waals surface area contributed by atoms with E-state index in [1.54, 1.807) is 31.3 Å². The van der Waals surface area contributed by atoms with Gasteiger partial charge in [-0.2, -0.15) is 0 Å². The quantitative estimate of drug-likeness (QED) is 0.761. The second-order valence-electron chi connectivity index (χ2n) is 3.44. The van der Waals surface area contributed by atoms with E-state index >= 15 is 0 Å². The molecule has 0 saturated heterocycles. The van der Waals surface area contributed by atoms with E-state index in [1.807, 2.05) is 36.4 Å². The number of aromatic nitrogens is 1. The molecule has 0 aliphatic rings. The van der Waals surface area contributed by atoms with Gasteiger partial charge in [0.25, 0.3) is 0 Å². The molecule has 2 aromatic rings. The molecule has 3 heteroatoms. The van der Waals surface area contributed by atoms with E-state index in [2.05, 4.69) is 11.6 Å². The smallest absolute Gasteiger partial charge is 0.118 e. The summed E-state index contributed by atoms with van der Waals surface area (Å²) in [6.07, 6.45) is 3.56. The number of benzene rings is 1. The van der Waals surface area contributed by atoms with E-state index < -0.39 is 0 Å². The number of methoxy groups -OCH3 is 1. The van der Waals surface area contributed by atoms with Gasteiger partial charge in [-0.1, -0.05) is 30.5 Å². The van der Waals surface area contributed by atoms with Crippen LogP contribution in [0.2, 0.25) is 0 Å². The normalized spacial score (nSPS) is 9.94. The van der Waals surface area contributed by atoms with Gasteiger partial charge in [-0.05, 0) is 29.8 Å². The Labute approximate surface area is 105 Å². The minimum absolute atomic E-state index is 0.857. The fraction of sp³-hybridized carbons (Fsp3) is 0.0714. The Kier molecular flexibility index (Phi) is 3.83. The van der Waals surface area contributed by atoms with Gasteiger partial charge >= 0.3 is 0 Å². The summed E-state index contributed by atoms with van der Waals surface area (Å²) in [5.74, 6) is 0.857. The summed E-state index contributed by atoms with van der Waals surface area (Å²) < 4.78 is 5.12. The Morgan fingerprint density at radius 3 is 2.35 bits per heavy atom. The molecule has 0 radical (unpaired) electrons. The van der Waals surface area contributed by atoms with Gasteiger partial charge in [0, 0.05) is 22.2 Å². The summed E-state index contributed by atoms with van der Waals surface area (Å²) in [5.41, 5.74) is 1.10. The number of thioether (sulfide) groups is 1. The number of nitrogens with zero attached hydrogens (tertiary/aromatic N) is 1. The van der Waals surface area contributed by atoms with E-state index in [0.29, 0.717) is 0 Å². The van der Waals surface area contributed by atoms with Crippen molar-refractivity contribution in [3.63, 3.8) is 0 Å². The maximum atomic E-state index is 5.12. The third-order valence-electron chi connectivity index (χ3n) is 2.30. The van der Waals surface area contributed by atoms with Crippen molar-refractivity contribution in [2.45, 2.75) is 4.90 Å². The van der Waals surface area contributed by atoms with Gasteiger partial charge in [-0.25, -0.2) is 0 Å². The highest BCUT2D eigenvalue weighted by atomic mass is 32.2. The van der Waals surface area contributed by atoms with Crippen LogP contribution in [-0.4, -0.2) is 12.1 Å². The Hall–Kier alpha value is -1.74. The topological polar surface area (TPSA) is 22.1 Å². The van der Waals surface area contributed by atoms with Crippen LogP contribution in [0.25, 0.3) is 4.91 Å². The molecule has 0 atom stereocenters. The maximum absolute atomic E-state index is 5.12. The molecule has 0 N–H and O–H groups in total. The lowest BCUT2D eigenvalue weighted by Crippen LogP contribution is -1.83. The summed E-state index contributed by atoms with van der Waals surface area (Å²) in [5, 5.41) is 0. The number of ether oxygens (including phenoxy) is 1. The van der Waals surface area contributed by atoms with Gasteiger partial charge in [0.2, 0.25) is 0 Å².